The Kier molecular flexibility index (Phi) is 2.53. The second-order valence-electron chi connectivity index (χ2n) is 5.55. The highest BCUT2D eigenvalue weighted by Gasteiger charge is 2.37. The number of benzene rings is 2. The van der Waals surface area contributed by atoms with Crippen molar-refractivity contribution in [3.05, 3.63) is 84.0 Å². The predicted octanol–water partition coefficient (Wildman–Crippen LogP) is 4.81. The van der Waals surface area contributed by atoms with Crippen LogP contribution in [0.2, 0.25) is 0 Å². The van der Waals surface area contributed by atoms with E-state index in [0.29, 0.717) is 12.0 Å². The monoisotopic (exact) mass is 259 g/mol. The lowest BCUT2D eigenvalue weighted by Crippen LogP contribution is -2.28. The Hall–Kier alpha value is -2.28. The van der Waals surface area contributed by atoms with Gasteiger partial charge in [-0.05, 0) is 30.7 Å². The molecule has 2 aromatic rings. The molecule has 0 radical (unpaired) electrons. The van der Waals surface area contributed by atoms with Crippen molar-refractivity contribution in [1.82, 2.24) is 0 Å². The van der Waals surface area contributed by atoms with Gasteiger partial charge in [-0.25, -0.2) is 0 Å². The van der Waals surface area contributed by atoms with Gasteiger partial charge in [-0.2, -0.15) is 0 Å². The zero-order chi connectivity index (χ0) is 13.5. The third-order valence-corrected chi connectivity index (χ3v) is 4.25. The lowest BCUT2D eigenvalue weighted by Gasteiger charge is -2.29. The average molecular weight is 259 g/mol. The average Bonchev–Trinajstić information content (AvgIpc) is 2.82. The largest absolute Gasteiger partial charge is 0.333 e. The molecule has 1 aliphatic heterocycles. The highest BCUT2D eigenvalue weighted by Crippen LogP contribution is 2.47. The van der Waals surface area contributed by atoms with Gasteiger partial charge in [-0.1, -0.05) is 60.2 Å². The number of hydrogen-bond acceptors (Lipinski definition) is 1. The summed E-state index contributed by atoms with van der Waals surface area (Å²) < 4.78 is 0. The molecule has 0 bridgehead atoms. The van der Waals surface area contributed by atoms with Crippen molar-refractivity contribution in [1.29, 1.82) is 0 Å². The van der Waals surface area contributed by atoms with E-state index in [1.54, 1.807) is 0 Å². The van der Waals surface area contributed by atoms with Crippen molar-refractivity contribution in [2.24, 2.45) is 0 Å². The highest BCUT2D eigenvalue weighted by molar-refractivity contribution is 5.75. The molecular formula is C19H17N. The number of rotatable bonds is 1. The first-order chi connectivity index (χ1) is 9.84. The molecule has 0 amide bonds. The zero-order valence-electron chi connectivity index (χ0n) is 11.5. The first-order valence-corrected chi connectivity index (χ1v) is 7.14. The second kappa shape index (κ2) is 4.38. The summed E-state index contributed by atoms with van der Waals surface area (Å²) in [6, 6.07) is 19.9. The molecule has 0 saturated heterocycles. The van der Waals surface area contributed by atoms with Crippen molar-refractivity contribution >= 4 is 11.4 Å². The number of fused-ring (bicyclic) bond motifs is 3. The number of hydrogen-bond donors (Lipinski definition) is 0. The fourth-order valence-electron chi connectivity index (χ4n) is 3.38. The van der Waals surface area contributed by atoms with Gasteiger partial charge in [0.25, 0.3) is 0 Å². The summed E-state index contributed by atoms with van der Waals surface area (Å²) in [7, 11) is 0. The third-order valence-electron chi connectivity index (χ3n) is 4.25. The van der Waals surface area contributed by atoms with Crippen LogP contribution in [0.5, 0.6) is 0 Å². The van der Waals surface area contributed by atoms with Crippen LogP contribution >= 0.6 is 0 Å². The van der Waals surface area contributed by atoms with Crippen molar-refractivity contribution < 1.29 is 0 Å². The molecule has 0 saturated carbocycles. The van der Waals surface area contributed by atoms with Crippen molar-refractivity contribution in [2.45, 2.75) is 18.9 Å². The van der Waals surface area contributed by atoms with E-state index in [1.165, 1.54) is 22.5 Å². The molecule has 0 fully saturated rings. The van der Waals surface area contributed by atoms with Gasteiger partial charge in [0.2, 0.25) is 0 Å². The van der Waals surface area contributed by atoms with Gasteiger partial charge in [0.15, 0.2) is 0 Å². The fourth-order valence-corrected chi connectivity index (χ4v) is 3.38. The molecule has 1 nitrogen and oxygen atoms in total. The van der Waals surface area contributed by atoms with E-state index in [-0.39, 0.29) is 0 Å². The van der Waals surface area contributed by atoms with Gasteiger partial charge in [0, 0.05) is 17.3 Å². The molecule has 20 heavy (non-hydrogen) atoms. The first kappa shape index (κ1) is 11.5. The van der Waals surface area contributed by atoms with Crippen molar-refractivity contribution in [3.63, 3.8) is 0 Å². The summed E-state index contributed by atoms with van der Waals surface area (Å²) in [5.74, 6) is 0.469. The van der Waals surface area contributed by atoms with E-state index in [2.05, 4.69) is 84.6 Å². The van der Waals surface area contributed by atoms with Crippen LogP contribution in [-0.4, -0.2) is 6.04 Å². The van der Waals surface area contributed by atoms with Crippen molar-refractivity contribution in [3.8, 4) is 0 Å². The minimum absolute atomic E-state index is 0.401. The summed E-state index contributed by atoms with van der Waals surface area (Å²) >= 11 is 0. The molecular weight excluding hydrogens is 242 g/mol. The molecule has 2 aromatic carbocycles. The molecule has 0 N–H and O–H groups in total. The number of nitrogens with zero attached hydrogens (tertiary/aromatic N) is 1. The summed E-state index contributed by atoms with van der Waals surface area (Å²) in [4.78, 5) is 2.46. The van der Waals surface area contributed by atoms with E-state index in [0.717, 1.165) is 0 Å². The molecule has 0 spiro atoms. The standard InChI is InChI=1S/C19H17N/c1-14-11-12-19-17(13-14)16-9-5-6-10-18(16)20(19)15-7-3-2-4-8-15/h2-13,17,19H,1H3. The lowest BCUT2D eigenvalue weighted by atomic mass is 9.89. The van der Waals surface area contributed by atoms with Gasteiger partial charge in [0.05, 0.1) is 6.04 Å². The molecule has 1 heteroatoms. The summed E-state index contributed by atoms with van der Waals surface area (Å²) in [6.07, 6.45) is 6.97. The predicted molar refractivity (Wildman–Crippen MR) is 84.4 cm³/mol. The number of allylic oxidation sites excluding steroid dienone is 2. The normalized spacial score (nSPS) is 23.2. The highest BCUT2D eigenvalue weighted by atomic mass is 15.2. The Morgan fingerprint density at radius 1 is 0.900 bits per heavy atom. The van der Waals surface area contributed by atoms with Crippen LogP contribution in [0.1, 0.15) is 18.4 Å². The zero-order valence-corrected chi connectivity index (χ0v) is 11.5. The smallest absolute Gasteiger partial charge is 0.0629 e. The lowest BCUT2D eigenvalue weighted by molar-refractivity contribution is 0.738. The number of anilines is 2. The Bertz CT molecular complexity index is 697. The van der Waals surface area contributed by atoms with Crippen LogP contribution in [0.15, 0.2) is 78.4 Å². The molecule has 2 aliphatic rings. The molecule has 2 unspecified atom stereocenters. The first-order valence-electron chi connectivity index (χ1n) is 7.14. The van der Waals surface area contributed by atoms with E-state index in [4.69, 9.17) is 0 Å². The SMILES string of the molecule is CC1=CC2c3ccccc3N(c3ccccc3)C2C=C1. The maximum Gasteiger partial charge on any atom is 0.0629 e. The Morgan fingerprint density at radius 2 is 1.65 bits per heavy atom. The summed E-state index contributed by atoms with van der Waals surface area (Å²) in [5.41, 5.74) is 5.40. The van der Waals surface area contributed by atoms with Crippen LogP contribution < -0.4 is 4.90 Å². The topological polar surface area (TPSA) is 3.24 Å². The van der Waals surface area contributed by atoms with Crippen LogP contribution in [0, 0.1) is 0 Å². The Labute approximate surface area is 119 Å². The van der Waals surface area contributed by atoms with Gasteiger partial charge in [-0.15, -0.1) is 0 Å². The molecule has 4 rings (SSSR count). The van der Waals surface area contributed by atoms with Crippen molar-refractivity contribution in [2.75, 3.05) is 4.90 Å². The van der Waals surface area contributed by atoms with E-state index in [1.807, 2.05) is 0 Å². The maximum atomic E-state index is 2.46. The third kappa shape index (κ3) is 1.63. The minimum atomic E-state index is 0.401. The van der Waals surface area contributed by atoms with E-state index in [9.17, 15) is 0 Å². The summed E-state index contributed by atoms with van der Waals surface area (Å²) in [6.45, 7) is 2.18. The van der Waals surface area contributed by atoms with Gasteiger partial charge in [-0.3, -0.25) is 0 Å². The molecule has 0 aromatic heterocycles. The Morgan fingerprint density at radius 3 is 2.50 bits per heavy atom. The molecule has 98 valence electrons. The number of para-hydroxylation sites is 2. The molecule has 2 atom stereocenters. The molecule has 1 aliphatic carbocycles. The maximum absolute atomic E-state index is 2.46. The van der Waals surface area contributed by atoms with Crippen LogP contribution in [0.3, 0.4) is 0 Å². The van der Waals surface area contributed by atoms with Gasteiger partial charge in [0.1, 0.15) is 0 Å². The van der Waals surface area contributed by atoms with Crippen LogP contribution in [-0.2, 0) is 0 Å². The Balaban J connectivity index is 1.90. The van der Waals surface area contributed by atoms with Crippen LogP contribution in [0.4, 0.5) is 11.4 Å². The van der Waals surface area contributed by atoms with Gasteiger partial charge < -0.3 is 4.90 Å². The fraction of sp³-hybridized carbons (Fsp3) is 0.158. The quantitative estimate of drug-likeness (QED) is 0.710. The minimum Gasteiger partial charge on any atom is -0.333 e. The van der Waals surface area contributed by atoms with E-state index >= 15 is 0 Å². The molecule has 1 heterocycles. The van der Waals surface area contributed by atoms with Crippen LogP contribution in [0.25, 0.3) is 0 Å². The van der Waals surface area contributed by atoms with E-state index < -0.39 is 0 Å². The van der Waals surface area contributed by atoms with Gasteiger partial charge >= 0.3 is 0 Å². The second-order valence-corrected chi connectivity index (χ2v) is 5.55. The summed E-state index contributed by atoms with van der Waals surface area (Å²) in [5, 5.41) is 0.